The van der Waals surface area contributed by atoms with Gasteiger partial charge in [-0.05, 0) is 43.7 Å². The number of hydrogen-bond acceptors (Lipinski definition) is 4. The van der Waals surface area contributed by atoms with E-state index in [9.17, 15) is 0 Å². The maximum atomic E-state index is 5.20. The van der Waals surface area contributed by atoms with E-state index >= 15 is 0 Å². The van der Waals surface area contributed by atoms with Gasteiger partial charge in [0, 0.05) is 37.3 Å². The predicted molar refractivity (Wildman–Crippen MR) is 94.8 cm³/mol. The number of piperidine rings is 1. The molecule has 0 aromatic carbocycles. The second-order valence-electron chi connectivity index (χ2n) is 6.31. The SMILES string of the molecule is COCCn1cncc1CN1CCCC[C@@H]1CCc1cccs1. The van der Waals surface area contributed by atoms with Crippen LogP contribution in [0.3, 0.4) is 0 Å². The average molecular weight is 334 g/mol. The minimum Gasteiger partial charge on any atom is -0.383 e. The summed E-state index contributed by atoms with van der Waals surface area (Å²) in [5.41, 5.74) is 1.31. The predicted octanol–water partition coefficient (Wildman–Crippen LogP) is 3.58. The summed E-state index contributed by atoms with van der Waals surface area (Å²) in [5, 5.41) is 2.18. The number of aromatic nitrogens is 2. The third kappa shape index (κ3) is 4.66. The summed E-state index contributed by atoms with van der Waals surface area (Å²) in [7, 11) is 1.75. The second kappa shape index (κ2) is 8.62. The van der Waals surface area contributed by atoms with E-state index in [1.54, 1.807) is 7.11 Å². The molecule has 23 heavy (non-hydrogen) atoms. The first-order valence-electron chi connectivity index (χ1n) is 8.61. The van der Waals surface area contributed by atoms with Gasteiger partial charge in [0.05, 0.1) is 18.6 Å². The van der Waals surface area contributed by atoms with Gasteiger partial charge >= 0.3 is 0 Å². The second-order valence-corrected chi connectivity index (χ2v) is 7.34. The first kappa shape index (κ1) is 16.7. The van der Waals surface area contributed by atoms with Crippen molar-refractivity contribution >= 4 is 11.3 Å². The summed E-state index contributed by atoms with van der Waals surface area (Å²) in [4.78, 5) is 8.51. The molecule has 0 unspecified atom stereocenters. The molecule has 0 N–H and O–H groups in total. The Kier molecular flexibility index (Phi) is 6.25. The summed E-state index contributed by atoms with van der Waals surface area (Å²) < 4.78 is 7.43. The summed E-state index contributed by atoms with van der Waals surface area (Å²) in [6.07, 6.45) is 10.4. The van der Waals surface area contributed by atoms with Gasteiger partial charge in [-0.3, -0.25) is 4.90 Å². The number of methoxy groups -OCH3 is 1. The number of rotatable bonds is 8. The fourth-order valence-corrected chi connectivity index (χ4v) is 4.16. The van der Waals surface area contributed by atoms with Gasteiger partial charge in [0.15, 0.2) is 0 Å². The Labute approximate surface area is 143 Å². The Hall–Kier alpha value is -1.17. The summed E-state index contributed by atoms with van der Waals surface area (Å²) >= 11 is 1.88. The minimum absolute atomic E-state index is 0.705. The van der Waals surface area contributed by atoms with Crippen LogP contribution in [0.1, 0.15) is 36.3 Å². The standard InChI is InChI=1S/C18H27N3OS/c1-22-11-10-21-15-19-13-17(21)14-20-9-3-2-5-16(20)7-8-18-6-4-12-23-18/h4,6,12-13,15-16H,2-3,5,7-11,14H2,1H3/t16-/m1/s1. The van der Waals surface area contributed by atoms with Crippen molar-refractivity contribution in [3.05, 3.63) is 40.6 Å². The van der Waals surface area contributed by atoms with Crippen molar-refractivity contribution in [2.75, 3.05) is 20.3 Å². The zero-order valence-corrected chi connectivity index (χ0v) is 14.8. The molecule has 1 aliphatic heterocycles. The van der Waals surface area contributed by atoms with Crippen molar-refractivity contribution in [2.45, 2.75) is 51.2 Å². The largest absolute Gasteiger partial charge is 0.383 e. The number of likely N-dealkylation sites (tertiary alicyclic amines) is 1. The first-order valence-corrected chi connectivity index (χ1v) is 9.49. The molecule has 1 atom stereocenters. The molecule has 1 saturated heterocycles. The van der Waals surface area contributed by atoms with E-state index < -0.39 is 0 Å². The lowest BCUT2D eigenvalue weighted by Gasteiger charge is -2.35. The number of hydrogen-bond donors (Lipinski definition) is 0. The van der Waals surface area contributed by atoms with Crippen LogP contribution in [-0.2, 0) is 24.2 Å². The molecule has 1 aliphatic rings. The molecule has 126 valence electrons. The molecule has 2 aromatic heterocycles. The molecule has 0 radical (unpaired) electrons. The molecule has 3 heterocycles. The quantitative estimate of drug-likeness (QED) is 0.740. The molecule has 2 aromatic rings. The molecule has 3 rings (SSSR count). The van der Waals surface area contributed by atoms with Gasteiger partial charge < -0.3 is 9.30 Å². The number of ether oxygens (including phenoxy) is 1. The summed E-state index contributed by atoms with van der Waals surface area (Å²) in [6, 6.07) is 5.13. The Bertz CT molecular complexity index is 567. The van der Waals surface area contributed by atoms with Crippen LogP contribution in [-0.4, -0.2) is 40.8 Å². The highest BCUT2D eigenvalue weighted by molar-refractivity contribution is 7.09. The highest BCUT2D eigenvalue weighted by atomic mass is 32.1. The number of nitrogens with zero attached hydrogens (tertiary/aromatic N) is 3. The Morgan fingerprint density at radius 3 is 3.17 bits per heavy atom. The fourth-order valence-electron chi connectivity index (χ4n) is 3.44. The van der Waals surface area contributed by atoms with Crippen LogP contribution >= 0.6 is 11.3 Å². The molecule has 0 amide bonds. The Morgan fingerprint density at radius 1 is 1.39 bits per heavy atom. The molecule has 0 aliphatic carbocycles. The smallest absolute Gasteiger partial charge is 0.0949 e. The molecule has 0 saturated carbocycles. The highest BCUT2D eigenvalue weighted by Crippen LogP contribution is 2.24. The summed E-state index contributed by atoms with van der Waals surface area (Å²) in [5.74, 6) is 0. The first-order chi connectivity index (χ1) is 11.4. The monoisotopic (exact) mass is 333 g/mol. The van der Waals surface area contributed by atoms with E-state index in [4.69, 9.17) is 4.74 Å². The average Bonchev–Trinajstić information content (AvgIpc) is 3.24. The van der Waals surface area contributed by atoms with Crippen molar-refractivity contribution in [1.29, 1.82) is 0 Å². The normalized spacial score (nSPS) is 19.3. The number of aryl methyl sites for hydroxylation is 1. The minimum atomic E-state index is 0.705. The van der Waals surface area contributed by atoms with Crippen LogP contribution in [0.4, 0.5) is 0 Å². The third-order valence-electron chi connectivity index (χ3n) is 4.75. The lowest BCUT2D eigenvalue weighted by molar-refractivity contribution is 0.127. The van der Waals surface area contributed by atoms with Gasteiger partial charge in [0.2, 0.25) is 0 Å². The molecule has 0 bridgehead atoms. The van der Waals surface area contributed by atoms with E-state index in [0.29, 0.717) is 6.04 Å². The number of imidazole rings is 1. The van der Waals surface area contributed by atoms with E-state index in [0.717, 1.165) is 19.7 Å². The van der Waals surface area contributed by atoms with Crippen LogP contribution < -0.4 is 0 Å². The van der Waals surface area contributed by atoms with Crippen molar-refractivity contribution in [3.63, 3.8) is 0 Å². The van der Waals surface area contributed by atoms with Gasteiger partial charge in [-0.15, -0.1) is 11.3 Å². The fraction of sp³-hybridized carbons (Fsp3) is 0.611. The van der Waals surface area contributed by atoms with Crippen molar-refractivity contribution < 1.29 is 4.74 Å². The zero-order valence-electron chi connectivity index (χ0n) is 14.0. The number of thiophene rings is 1. The van der Waals surface area contributed by atoms with Crippen LogP contribution in [0.25, 0.3) is 0 Å². The summed E-state index contributed by atoms with van der Waals surface area (Å²) in [6.45, 7) is 3.86. The van der Waals surface area contributed by atoms with Gasteiger partial charge in [-0.2, -0.15) is 0 Å². The molecule has 0 spiro atoms. The van der Waals surface area contributed by atoms with Crippen molar-refractivity contribution in [1.82, 2.24) is 14.5 Å². The molecule has 4 nitrogen and oxygen atoms in total. The Balaban J connectivity index is 1.59. The van der Waals surface area contributed by atoms with Crippen LogP contribution in [0.15, 0.2) is 30.0 Å². The highest BCUT2D eigenvalue weighted by Gasteiger charge is 2.23. The molecule has 1 fully saturated rings. The lowest BCUT2D eigenvalue weighted by atomic mass is 9.97. The molecular weight excluding hydrogens is 306 g/mol. The topological polar surface area (TPSA) is 30.3 Å². The zero-order chi connectivity index (χ0) is 15.9. The molecule has 5 heteroatoms. The lowest BCUT2D eigenvalue weighted by Crippen LogP contribution is -2.39. The maximum Gasteiger partial charge on any atom is 0.0949 e. The van der Waals surface area contributed by atoms with Gasteiger partial charge in [0.1, 0.15) is 0 Å². The Morgan fingerprint density at radius 2 is 2.35 bits per heavy atom. The van der Waals surface area contributed by atoms with E-state index in [1.165, 1.54) is 49.2 Å². The van der Waals surface area contributed by atoms with Crippen LogP contribution in [0.5, 0.6) is 0 Å². The maximum absolute atomic E-state index is 5.20. The van der Waals surface area contributed by atoms with Crippen molar-refractivity contribution in [3.8, 4) is 0 Å². The van der Waals surface area contributed by atoms with Gasteiger partial charge in [0.25, 0.3) is 0 Å². The van der Waals surface area contributed by atoms with E-state index in [1.807, 2.05) is 23.9 Å². The van der Waals surface area contributed by atoms with Crippen LogP contribution in [0.2, 0.25) is 0 Å². The van der Waals surface area contributed by atoms with Crippen molar-refractivity contribution in [2.24, 2.45) is 0 Å². The van der Waals surface area contributed by atoms with Gasteiger partial charge in [-0.25, -0.2) is 4.98 Å². The van der Waals surface area contributed by atoms with Gasteiger partial charge in [-0.1, -0.05) is 12.5 Å². The van der Waals surface area contributed by atoms with Crippen LogP contribution in [0, 0.1) is 0 Å². The molecular formula is C18H27N3OS. The van der Waals surface area contributed by atoms with E-state index in [2.05, 4.69) is 32.0 Å². The van der Waals surface area contributed by atoms with E-state index in [-0.39, 0.29) is 0 Å². The third-order valence-corrected chi connectivity index (χ3v) is 5.69.